The van der Waals surface area contributed by atoms with E-state index in [1.165, 1.54) is 17.0 Å². The Morgan fingerprint density at radius 2 is 1.93 bits per heavy atom. The largest absolute Gasteiger partial charge is 0.450 e. The predicted octanol–water partition coefficient (Wildman–Crippen LogP) is 4.08. The first-order valence-corrected chi connectivity index (χ1v) is 9.72. The van der Waals surface area contributed by atoms with Crippen LogP contribution in [0.25, 0.3) is 11.0 Å². The molecule has 29 heavy (non-hydrogen) atoms. The summed E-state index contributed by atoms with van der Waals surface area (Å²) in [4.78, 5) is 30.0. The Morgan fingerprint density at radius 1 is 1.17 bits per heavy atom. The molecule has 0 saturated heterocycles. The minimum Gasteiger partial charge on any atom is -0.450 e. The van der Waals surface area contributed by atoms with Gasteiger partial charge in [0.05, 0.1) is 17.0 Å². The summed E-state index contributed by atoms with van der Waals surface area (Å²) < 4.78 is 20.5. The number of carbonyl (C=O) groups excluding carboxylic acids is 1. The molecule has 4 rings (SSSR count). The Morgan fingerprint density at radius 3 is 2.66 bits per heavy atom. The van der Waals surface area contributed by atoms with Gasteiger partial charge in [-0.1, -0.05) is 29.8 Å². The minimum atomic E-state index is -0.833. The molecule has 0 bridgehead atoms. The number of carbonyl (C=O) groups is 1. The molecular formula is C22H20ClFN2O3. The Labute approximate surface area is 172 Å². The van der Waals surface area contributed by atoms with Crippen LogP contribution in [0.15, 0.2) is 51.7 Å². The van der Waals surface area contributed by atoms with Crippen molar-refractivity contribution in [1.29, 1.82) is 0 Å². The van der Waals surface area contributed by atoms with E-state index in [0.717, 1.165) is 6.54 Å². The van der Waals surface area contributed by atoms with Gasteiger partial charge in [-0.2, -0.15) is 0 Å². The summed E-state index contributed by atoms with van der Waals surface area (Å²) >= 11 is 6.05. The average molecular weight is 415 g/mol. The number of fused-ring (bicyclic) bond motifs is 2. The molecule has 150 valence electrons. The van der Waals surface area contributed by atoms with Crippen LogP contribution in [-0.2, 0) is 0 Å². The third-order valence-electron chi connectivity index (χ3n) is 5.13. The SMILES string of the molecule is CN(C)CCCN1C(=O)c2oc3ccc(Cl)cc3c(=O)c2[C@@H]1c1ccccc1F. The summed E-state index contributed by atoms with van der Waals surface area (Å²) in [5, 5.41) is 0.667. The number of benzene rings is 2. The van der Waals surface area contributed by atoms with E-state index in [1.54, 1.807) is 30.3 Å². The molecule has 0 fully saturated rings. The van der Waals surface area contributed by atoms with Crippen molar-refractivity contribution >= 4 is 28.5 Å². The molecule has 0 unspecified atom stereocenters. The van der Waals surface area contributed by atoms with Gasteiger partial charge >= 0.3 is 0 Å². The van der Waals surface area contributed by atoms with E-state index in [1.807, 2.05) is 19.0 Å². The van der Waals surface area contributed by atoms with Crippen LogP contribution in [0.3, 0.4) is 0 Å². The number of halogens is 2. The smallest absolute Gasteiger partial charge is 0.290 e. The van der Waals surface area contributed by atoms with Crippen molar-refractivity contribution < 1.29 is 13.6 Å². The topological polar surface area (TPSA) is 53.8 Å². The molecule has 1 atom stereocenters. The predicted molar refractivity (Wildman–Crippen MR) is 110 cm³/mol. The van der Waals surface area contributed by atoms with Crippen LogP contribution < -0.4 is 5.43 Å². The van der Waals surface area contributed by atoms with Gasteiger partial charge in [-0.3, -0.25) is 9.59 Å². The van der Waals surface area contributed by atoms with Crippen LogP contribution in [-0.4, -0.2) is 42.9 Å². The zero-order chi connectivity index (χ0) is 20.7. The Balaban J connectivity index is 1.91. The van der Waals surface area contributed by atoms with E-state index in [4.69, 9.17) is 16.0 Å². The van der Waals surface area contributed by atoms with E-state index < -0.39 is 17.8 Å². The first kappa shape index (κ1) is 19.6. The molecule has 1 aliphatic heterocycles. The maximum absolute atomic E-state index is 14.7. The van der Waals surface area contributed by atoms with Crippen LogP contribution in [0.4, 0.5) is 4.39 Å². The normalized spacial score (nSPS) is 16.1. The number of rotatable bonds is 5. The van der Waals surface area contributed by atoms with Crippen molar-refractivity contribution in [2.24, 2.45) is 0 Å². The summed E-state index contributed by atoms with van der Waals surface area (Å²) in [6.07, 6.45) is 0.678. The maximum Gasteiger partial charge on any atom is 0.290 e. The molecule has 5 nitrogen and oxygen atoms in total. The monoisotopic (exact) mass is 414 g/mol. The van der Waals surface area contributed by atoms with Crippen LogP contribution in [0, 0.1) is 5.82 Å². The van der Waals surface area contributed by atoms with Gasteiger partial charge in [0.15, 0.2) is 5.43 Å². The second-order valence-corrected chi connectivity index (χ2v) is 7.83. The second kappa shape index (κ2) is 7.61. The summed E-state index contributed by atoms with van der Waals surface area (Å²) in [5.41, 5.74) is 0.368. The van der Waals surface area contributed by atoms with Crippen LogP contribution >= 0.6 is 11.6 Å². The van der Waals surface area contributed by atoms with Gasteiger partial charge in [0.1, 0.15) is 11.4 Å². The van der Waals surface area contributed by atoms with Gasteiger partial charge in [-0.15, -0.1) is 0 Å². The fraction of sp³-hybridized carbons (Fsp3) is 0.273. The van der Waals surface area contributed by atoms with Gasteiger partial charge in [-0.05, 0) is 51.3 Å². The molecule has 2 aromatic carbocycles. The highest BCUT2D eigenvalue weighted by Crippen LogP contribution is 2.39. The molecule has 7 heteroatoms. The minimum absolute atomic E-state index is 0.0251. The summed E-state index contributed by atoms with van der Waals surface area (Å²) in [7, 11) is 3.88. The van der Waals surface area contributed by atoms with Crippen LogP contribution in [0.1, 0.15) is 34.1 Å². The lowest BCUT2D eigenvalue weighted by Gasteiger charge is -2.26. The number of hydrogen-bond acceptors (Lipinski definition) is 4. The van der Waals surface area contributed by atoms with Gasteiger partial charge in [0.2, 0.25) is 5.76 Å². The molecule has 3 aromatic rings. The van der Waals surface area contributed by atoms with Gasteiger partial charge < -0.3 is 14.2 Å². The summed E-state index contributed by atoms with van der Waals surface area (Å²) in [6.45, 7) is 1.12. The van der Waals surface area contributed by atoms with E-state index >= 15 is 0 Å². The van der Waals surface area contributed by atoms with Crippen LogP contribution in [0.2, 0.25) is 5.02 Å². The van der Waals surface area contributed by atoms with Gasteiger partial charge in [0, 0.05) is 17.1 Å². The standard InChI is InChI=1S/C22H20ClFN2O3/c1-25(2)10-5-11-26-19(14-6-3-4-7-16(14)24)18-20(27)15-12-13(23)8-9-17(15)29-21(18)22(26)28/h3-4,6-9,12,19H,5,10-11H2,1-2H3/t19-/m0/s1. The van der Waals surface area contributed by atoms with Crippen molar-refractivity contribution in [3.05, 3.63) is 80.4 Å². The first-order valence-electron chi connectivity index (χ1n) is 9.35. The van der Waals surface area contributed by atoms with Gasteiger partial charge in [0.25, 0.3) is 5.91 Å². The van der Waals surface area contributed by atoms with E-state index in [0.29, 0.717) is 18.0 Å². The molecular weight excluding hydrogens is 395 g/mol. The number of amides is 1. The first-order chi connectivity index (χ1) is 13.9. The van der Waals surface area contributed by atoms with E-state index in [2.05, 4.69) is 0 Å². The highest BCUT2D eigenvalue weighted by Gasteiger charge is 2.43. The lowest BCUT2D eigenvalue weighted by atomic mass is 9.98. The lowest BCUT2D eigenvalue weighted by Crippen LogP contribution is -2.32. The van der Waals surface area contributed by atoms with Crippen molar-refractivity contribution in [3.8, 4) is 0 Å². The Hall–Kier alpha value is -2.70. The molecule has 1 amide bonds. The van der Waals surface area contributed by atoms with Gasteiger partial charge in [-0.25, -0.2) is 4.39 Å². The molecule has 0 radical (unpaired) electrons. The molecule has 2 heterocycles. The van der Waals surface area contributed by atoms with Crippen molar-refractivity contribution in [1.82, 2.24) is 9.80 Å². The Bertz CT molecular complexity index is 1160. The second-order valence-electron chi connectivity index (χ2n) is 7.39. The number of hydrogen-bond donors (Lipinski definition) is 0. The zero-order valence-electron chi connectivity index (χ0n) is 16.1. The summed E-state index contributed by atoms with van der Waals surface area (Å²) in [6, 6.07) is 10.1. The molecule has 1 aliphatic rings. The highest BCUT2D eigenvalue weighted by atomic mass is 35.5. The molecule has 0 aliphatic carbocycles. The fourth-order valence-corrected chi connectivity index (χ4v) is 3.97. The molecule has 1 aromatic heterocycles. The maximum atomic E-state index is 14.7. The van der Waals surface area contributed by atoms with E-state index in [-0.39, 0.29) is 33.3 Å². The van der Waals surface area contributed by atoms with Crippen molar-refractivity contribution in [3.63, 3.8) is 0 Å². The third kappa shape index (κ3) is 3.43. The Kier molecular flexibility index (Phi) is 5.15. The molecule has 0 N–H and O–H groups in total. The zero-order valence-corrected chi connectivity index (χ0v) is 16.9. The molecule has 0 saturated carbocycles. The highest BCUT2D eigenvalue weighted by molar-refractivity contribution is 6.31. The van der Waals surface area contributed by atoms with Crippen molar-refractivity contribution in [2.75, 3.05) is 27.2 Å². The van der Waals surface area contributed by atoms with Crippen molar-refractivity contribution in [2.45, 2.75) is 12.5 Å². The quantitative estimate of drug-likeness (QED) is 0.631. The lowest BCUT2D eigenvalue weighted by molar-refractivity contribution is 0.0720. The summed E-state index contributed by atoms with van der Waals surface area (Å²) in [5.74, 6) is -0.898. The number of nitrogens with zero attached hydrogens (tertiary/aromatic N) is 2. The molecule has 0 spiro atoms. The fourth-order valence-electron chi connectivity index (χ4n) is 3.80. The van der Waals surface area contributed by atoms with Crippen LogP contribution in [0.5, 0.6) is 0 Å². The average Bonchev–Trinajstić information content (AvgIpc) is 2.95. The third-order valence-corrected chi connectivity index (χ3v) is 5.37. The van der Waals surface area contributed by atoms with E-state index in [9.17, 15) is 14.0 Å².